The molecule has 0 fully saturated rings. The molecule has 0 atom stereocenters. The van der Waals surface area contributed by atoms with Crippen molar-refractivity contribution in [2.45, 2.75) is 39.5 Å². The predicted molar refractivity (Wildman–Crippen MR) is 269 cm³/mol. The number of fused-ring (bicyclic) bond motifs is 20. The standard InChI is InChI=1S/C60H40N2O2/c1-31(2)33-19-23-47-43(27-33)53-55-45-29-35(37-13-9-15-41-39-11-5-7-17-51(39)63-59(37)41)22-26-50(45)62-48-24-20-34(32(3)4)28-44(48)54(58(55)62)56-46-30-36(21-25-49(46)61(47)57(53)56)38-14-10-16-42-40-12-6-8-18-52(40)64-60(38)42/h5-32H,1-4H3. The highest BCUT2D eigenvalue weighted by Crippen LogP contribution is 2.53. The number of aromatic nitrogens is 2. The van der Waals surface area contributed by atoms with Crippen LogP contribution < -0.4 is 0 Å². The first-order valence-electron chi connectivity index (χ1n) is 22.6. The van der Waals surface area contributed by atoms with E-state index in [9.17, 15) is 0 Å². The minimum Gasteiger partial charge on any atom is -0.455 e. The number of rotatable bonds is 4. The molecule has 64 heavy (non-hydrogen) atoms. The maximum atomic E-state index is 6.64. The first kappa shape index (κ1) is 34.7. The molecular formula is C60H40N2O2. The van der Waals surface area contributed by atoms with Crippen LogP contribution in [0.4, 0.5) is 0 Å². The Morgan fingerprint density at radius 1 is 0.344 bits per heavy atom. The van der Waals surface area contributed by atoms with Gasteiger partial charge in [-0.1, -0.05) is 125 Å². The lowest BCUT2D eigenvalue weighted by molar-refractivity contribution is 0.669. The van der Waals surface area contributed by atoms with Crippen LogP contribution in [-0.2, 0) is 0 Å². The Bertz CT molecular complexity index is 4200. The number of nitrogens with zero attached hydrogens (tertiary/aromatic N) is 2. The summed E-state index contributed by atoms with van der Waals surface area (Å²) in [6.07, 6.45) is 0. The van der Waals surface area contributed by atoms with Gasteiger partial charge in [0.15, 0.2) is 0 Å². The van der Waals surface area contributed by atoms with Gasteiger partial charge in [0.05, 0.1) is 33.1 Å². The molecule has 4 nitrogen and oxygen atoms in total. The molecule has 0 aliphatic heterocycles. The third-order valence-electron chi connectivity index (χ3n) is 14.7. The van der Waals surface area contributed by atoms with Gasteiger partial charge in [-0.3, -0.25) is 0 Å². The van der Waals surface area contributed by atoms with E-state index < -0.39 is 0 Å². The van der Waals surface area contributed by atoms with Gasteiger partial charge in [0.25, 0.3) is 0 Å². The van der Waals surface area contributed by atoms with Gasteiger partial charge in [0.1, 0.15) is 22.3 Å². The summed E-state index contributed by atoms with van der Waals surface area (Å²) < 4.78 is 18.4. The lowest BCUT2D eigenvalue weighted by atomic mass is 9.93. The zero-order chi connectivity index (χ0) is 42.3. The van der Waals surface area contributed by atoms with Crippen molar-refractivity contribution in [3.05, 3.63) is 169 Å². The average molecular weight is 821 g/mol. The Morgan fingerprint density at radius 2 is 0.719 bits per heavy atom. The SMILES string of the molecule is CC(C)c1ccc2c(c1)c1c3c4cc(-c5cccc6c5oc5ccccc56)ccc4n4c5ccc(C(C)C)cc5c(c5c6cc(-c7cccc8c7oc7ccccc78)ccc6n2c51)c34. The third-order valence-corrected chi connectivity index (χ3v) is 14.7. The van der Waals surface area contributed by atoms with Gasteiger partial charge in [0, 0.05) is 75.8 Å². The molecule has 302 valence electrons. The summed E-state index contributed by atoms with van der Waals surface area (Å²) in [5.74, 6) is 0.782. The highest BCUT2D eigenvalue weighted by atomic mass is 16.3. The Labute approximate surface area is 366 Å². The molecule has 0 radical (unpaired) electrons. The Kier molecular flexibility index (Phi) is 6.51. The van der Waals surface area contributed by atoms with Crippen molar-refractivity contribution in [3.63, 3.8) is 0 Å². The minimum atomic E-state index is 0.391. The van der Waals surface area contributed by atoms with Gasteiger partial charge in [-0.05, 0) is 94.8 Å². The van der Waals surface area contributed by atoms with Crippen LogP contribution in [0.25, 0.3) is 142 Å². The molecule has 0 aliphatic rings. The monoisotopic (exact) mass is 820 g/mol. The van der Waals surface area contributed by atoms with Crippen molar-refractivity contribution >= 4 is 120 Å². The second-order valence-corrected chi connectivity index (χ2v) is 18.8. The summed E-state index contributed by atoms with van der Waals surface area (Å²) in [7, 11) is 0. The van der Waals surface area contributed by atoms with Crippen LogP contribution in [0.2, 0.25) is 0 Å². The lowest BCUT2D eigenvalue weighted by Gasteiger charge is -2.09. The van der Waals surface area contributed by atoms with Crippen LogP contribution in [0.1, 0.15) is 50.7 Å². The van der Waals surface area contributed by atoms with Crippen LogP contribution >= 0.6 is 0 Å². The van der Waals surface area contributed by atoms with Crippen LogP contribution in [0.15, 0.2) is 167 Å². The van der Waals surface area contributed by atoms with Crippen LogP contribution in [-0.4, -0.2) is 8.80 Å². The Balaban J connectivity index is 1.14. The minimum absolute atomic E-state index is 0.391. The van der Waals surface area contributed by atoms with Crippen molar-refractivity contribution < 1.29 is 8.83 Å². The van der Waals surface area contributed by atoms with Gasteiger partial charge in [-0.2, -0.15) is 0 Å². The van der Waals surface area contributed by atoms with E-state index in [1.165, 1.54) is 87.3 Å². The highest BCUT2D eigenvalue weighted by Gasteiger charge is 2.30. The molecule has 6 aromatic heterocycles. The zero-order valence-corrected chi connectivity index (χ0v) is 35.9. The molecule has 0 N–H and O–H groups in total. The van der Waals surface area contributed by atoms with E-state index in [1.54, 1.807) is 0 Å². The topological polar surface area (TPSA) is 35.1 Å². The van der Waals surface area contributed by atoms with Gasteiger partial charge < -0.3 is 17.6 Å². The van der Waals surface area contributed by atoms with Crippen molar-refractivity contribution in [3.8, 4) is 22.3 Å². The average Bonchev–Trinajstić information content (AvgIpc) is 4.17. The summed E-state index contributed by atoms with van der Waals surface area (Å²) >= 11 is 0. The fraction of sp³-hybridized carbons (Fsp3) is 0.100. The number of hydrogen-bond donors (Lipinski definition) is 0. The van der Waals surface area contributed by atoms with Crippen molar-refractivity contribution in [2.75, 3.05) is 0 Å². The van der Waals surface area contributed by atoms with E-state index in [4.69, 9.17) is 8.83 Å². The summed E-state index contributed by atoms with van der Waals surface area (Å²) in [6.45, 7) is 9.22. The van der Waals surface area contributed by atoms with Crippen LogP contribution in [0.5, 0.6) is 0 Å². The molecule has 0 aliphatic carbocycles. The van der Waals surface area contributed by atoms with E-state index in [0.29, 0.717) is 11.8 Å². The normalized spacial score (nSPS) is 13.0. The van der Waals surface area contributed by atoms with E-state index >= 15 is 0 Å². The maximum Gasteiger partial charge on any atom is 0.143 e. The first-order valence-corrected chi connectivity index (χ1v) is 22.6. The van der Waals surface area contributed by atoms with E-state index in [-0.39, 0.29) is 0 Å². The number of benzene rings is 9. The predicted octanol–water partition coefficient (Wildman–Crippen LogP) is 17.4. The molecule has 9 aromatic carbocycles. The second-order valence-electron chi connectivity index (χ2n) is 18.8. The zero-order valence-electron chi connectivity index (χ0n) is 35.9. The summed E-state index contributed by atoms with van der Waals surface area (Å²) in [5, 5.41) is 15.0. The number of furan rings is 2. The van der Waals surface area contributed by atoms with Crippen molar-refractivity contribution in [1.82, 2.24) is 8.80 Å². The first-order chi connectivity index (χ1) is 31.4. The maximum absolute atomic E-state index is 6.64. The summed E-state index contributed by atoms with van der Waals surface area (Å²) in [5.41, 5.74) is 18.4. The van der Waals surface area contributed by atoms with Crippen molar-refractivity contribution in [2.24, 2.45) is 0 Å². The molecule has 0 unspecified atom stereocenters. The molecule has 0 spiro atoms. The fourth-order valence-corrected chi connectivity index (χ4v) is 11.7. The molecular weight excluding hydrogens is 781 g/mol. The van der Waals surface area contributed by atoms with E-state index in [1.807, 2.05) is 0 Å². The highest BCUT2D eigenvalue weighted by molar-refractivity contribution is 6.45. The largest absolute Gasteiger partial charge is 0.455 e. The molecule has 0 bridgehead atoms. The molecule has 15 aromatic rings. The van der Waals surface area contributed by atoms with Gasteiger partial charge >= 0.3 is 0 Å². The molecule has 4 heteroatoms. The third kappa shape index (κ3) is 4.24. The Hall–Kier alpha value is -7.82. The lowest BCUT2D eigenvalue weighted by Crippen LogP contribution is -1.87. The molecule has 0 saturated heterocycles. The Morgan fingerprint density at radius 3 is 1.14 bits per heavy atom. The molecule has 0 saturated carbocycles. The fourth-order valence-electron chi connectivity index (χ4n) is 11.7. The van der Waals surface area contributed by atoms with E-state index in [0.717, 1.165) is 66.1 Å². The van der Waals surface area contributed by atoms with Gasteiger partial charge in [-0.15, -0.1) is 0 Å². The molecule has 6 heterocycles. The van der Waals surface area contributed by atoms with Crippen molar-refractivity contribution in [1.29, 1.82) is 0 Å². The number of hydrogen-bond acceptors (Lipinski definition) is 2. The second kappa shape index (κ2) is 12.0. The quantitative estimate of drug-likeness (QED) is 0.177. The van der Waals surface area contributed by atoms with E-state index in [2.05, 4.69) is 194 Å². The van der Waals surface area contributed by atoms with Gasteiger partial charge in [0.2, 0.25) is 0 Å². The summed E-state index contributed by atoms with van der Waals surface area (Å²) in [6, 6.07) is 58.5. The summed E-state index contributed by atoms with van der Waals surface area (Å²) in [4.78, 5) is 0. The smallest absolute Gasteiger partial charge is 0.143 e. The van der Waals surface area contributed by atoms with Gasteiger partial charge in [-0.25, -0.2) is 0 Å². The van der Waals surface area contributed by atoms with Crippen LogP contribution in [0, 0.1) is 0 Å². The number of para-hydroxylation sites is 4. The molecule has 15 rings (SSSR count). The van der Waals surface area contributed by atoms with Crippen LogP contribution in [0.3, 0.4) is 0 Å². The molecule has 0 amide bonds.